The van der Waals surface area contributed by atoms with Gasteiger partial charge in [0.25, 0.3) is 0 Å². The molecule has 1 aliphatic rings. The third-order valence-electron chi connectivity index (χ3n) is 3.84. The summed E-state index contributed by atoms with van der Waals surface area (Å²) in [6.45, 7) is 3.10. The molecule has 6 nitrogen and oxygen atoms in total. The van der Waals surface area contributed by atoms with Gasteiger partial charge in [-0.3, -0.25) is 0 Å². The van der Waals surface area contributed by atoms with Crippen molar-refractivity contribution in [1.29, 1.82) is 5.26 Å². The van der Waals surface area contributed by atoms with E-state index in [0.717, 1.165) is 0 Å². The van der Waals surface area contributed by atoms with E-state index in [1.807, 2.05) is 6.07 Å². The maximum atomic E-state index is 13.7. The van der Waals surface area contributed by atoms with Gasteiger partial charge in [-0.05, 0) is 31.5 Å². The summed E-state index contributed by atoms with van der Waals surface area (Å²) in [6.07, 6.45) is 0.0246. The Morgan fingerprint density at radius 1 is 1.32 bits per heavy atom. The van der Waals surface area contributed by atoms with E-state index in [-0.39, 0.29) is 24.2 Å². The van der Waals surface area contributed by atoms with Crippen LogP contribution in [0, 0.1) is 17.1 Å². The van der Waals surface area contributed by atoms with Crippen LogP contribution in [0.3, 0.4) is 0 Å². The first-order valence-electron chi connectivity index (χ1n) is 7.58. The monoisotopic (exact) mass is 344 g/mol. The van der Waals surface area contributed by atoms with Crippen molar-refractivity contribution in [2.45, 2.75) is 26.2 Å². The fourth-order valence-corrected chi connectivity index (χ4v) is 2.83. The summed E-state index contributed by atoms with van der Waals surface area (Å²) in [7, 11) is 0. The number of hydrogen-bond acceptors (Lipinski definition) is 5. The Kier molecular flexibility index (Phi) is 5.55. The van der Waals surface area contributed by atoms with Gasteiger partial charge in [0.1, 0.15) is 12.4 Å². The molecule has 0 bridgehead atoms. The van der Waals surface area contributed by atoms with Crippen molar-refractivity contribution in [3.05, 3.63) is 58.2 Å². The lowest BCUT2D eigenvalue weighted by Crippen LogP contribution is -2.32. The molecule has 2 N–H and O–H groups in total. The van der Waals surface area contributed by atoms with E-state index in [9.17, 15) is 19.1 Å². The van der Waals surface area contributed by atoms with Crippen LogP contribution in [0.4, 0.5) is 4.39 Å². The fraction of sp³-hybridized carbons (Fsp3) is 0.278. The van der Waals surface area contributed by atoms with E-state index in [1.165, 1.54) is 18.2 Å². The van der Waals surface area contributed by atoms with Gasteiger partial charge in [0.05, 0.1) is 29.6 Å². The number of halogens is 1. The Labute approximate surface area is 144 Å². The Morgan fingerprint density at radius 3 is 2.60 bits per heavy atom. The van der Waals surface area contributed by atoms with Crippen LogP contribution in [0.25, 0.3) is 0 Å². The van der Waals surface area contributed by atoms with Gasteiger partial charge in [-0.1, -0.05) is 12.1 Å². The number of aliphatic carboxylic acids is 1. The number of benzene rings is 1. The second-order valence-corrected chi connectivity index (χ2v) is 5.54. The second-order valence-electron chi connectivity index (χ2n) is 5.54. The summed E-state index contributed by atoms with van der Waals surface area (Å²) in [5.41, 5.74) is 1.17. The van der Waals surface area contributed by atoms with E-state index < -0.39 is 23.7 Å². The molecule has 130 valence electrons. The number of nitriles is 1. The van der Waals surface area contributed by atoms with Crippen molar-refractivity contribution < 1.29 is 23.8 Å². The van der Waals surface area contributed by atoms with Crippen molar-refractivity contribution >= 4 is 11.9 Å². The highest BCUT2D eigenvalue weighted by Gasteiger charge is 2.37. The Morgan fingerprint density at radius 2 is 2.00 bits per heavy atom. The second kappa shape index (κ2) is 7.62. The van der Waals surface area contributed by atoms with Crippen LogP contribution >= 0.6 is 0 Å². The van der Waals surface area contributed by atoms with Gasteiger partial charge in [-0.2, -0.15) is 5.26 Å². The summed E-state index contributed by atoms with van der Waals surface area (Å²) in [4.78, 5) is 24.2. The number of carbonyl (C=O) groups excluding carboxylic acids is 1. The van der Waals surface area contributed by atoms with E-state index >= 15 is 0 Å². The average molecular weight is 344 g/mol. The van der Waals surface area contributed by atoms with Crippen molar-refractivity contribution in [3.63, 3.8) is 0 Å². The lowest BCUT2D eigenvalue weighted by atomic mass is 9.80. The predicted octanol–water partition coefficient (Wildman–Crippen LogP) is 2.60. The van der Waals surface area contributed by atoms with E-state index in [4.69, 9.17) is 10.00 Å². The largest absolute Gasteiger partial charge is 0.478 e. The molecule has 1 aliphatic heterocycles. The third-order valence-corrected chi connectivity index (χ3v) is 3.84. The van der Waals surface area contributed by atoms with Crippen molar-refractivity contribution in [2.24, 2.45) is 0 Å². The Balaban J connectivity index is 2.54. The highest BCUT2D eigenvalue weighted by molar-refractivity contribution is 5.99. The topological polar surface area (TPSA) is 99.4 Å². The Hall–Kier alpha value is -3.14. The Bertz CT molecular complexity index is 821. The highest BCUT2D eigenvalue weighted by Crippen LogP contribution is 2.38. The van der Waals surface area contributed by atoms with Gasteiger partial charge >= 0.3 is 11.9 Å². The molecule has 1 atom stereocenters. The molecule has 2 rings (SSSR count). The van der Waals surface area contributed by atoms with E-state index in [1.54, 1.807) is 19.9 Å². The number of dihydropyridines is 1. The van der Waals surface area contributed by atoms with Crippen LogP contribution < -0.4 is 5.32 Å². The van der Waals surface area contributed by atoms with Crippen molar-refractivity contribution in [1.82, 2.24) is 5.32 Å². The zero-order chi connectivity index (χ0) is 18.6. The first-order valence-corrected chi connectivity index (χ1v) is 7.58. The number of carbonyl (C=O) groups is 2. The summed E-state index contributed by atoms with van der Waals surface area (Å²) >= 11 is 0. The number of carboxylic acid groups (broad SMARTS) is 1. The van der Waals surface area contributed by atoms with Crippen LogP contribution in [-0.4, -0.2) is 23.7 Å². The van der Waals surface area contributed by atoms with Crippen LogP contribution in [-0.2, 0) is 14.3 Å². The molecule has 0 amide bonds. The number of allylic oxidation sites excluding steroid dienone is 2. The average Bonchev–Trinajstić information content (AvgIpc) is 2.53. The SMILES string of the molecule is CC1=C(C(=O)O)C(c2cccc(F)c2)C(C(=O)OCCC#N)=C(C)N1. The fourth-order valence-electron chi connectivity index (χ4n) is 2.83. The van der Waals surface area contributed by atoms with Gasteiger partial charge in [-0.25, -0.2) is 14.0 Å². The zero-order valence-electron chi connectivity index (χ0n) is 13.8. The third kappa shape index (κ3) is 3.86. The molecule has 0 spiro atoms. The number of nitrogens with zero attached hydrogens (tertiary/aromatic N) is 1. The molecule has 7 heteroatoms. The van der Waals surface area contributed by atoms with Gasteiger partial charge in [0.2, 0.25) is 0 Å². The normalized spacial score (nSPS) is 17.0. The van der Waals surface area contributed by atoms with E-state index in [0.29, 0.717) is 17.0 Å². The molecule has 1 unspecified atom stereocenters. The minimum atomic E-state index is -1.21. The molecule has 0 saturated carbocycles. The summed E-state index contributed by atoms with van der Waals surface area (Å²) in [5.74, 6) is -3.45. The van der Waals surface area contributed by atoms with Crippen molar-refractivity contribution in [2.75, 3.05) is 6.61 Å². The molecule has 0 radical (unpaired) electrons. The zero-order valence-corrected chi connectivity index (χ0v) is 13.8. The number of esters is 1. The van der Waals surface area contributed by atoms with Crippen LogP contribution in [0.5, 0.6) is 0 Å². The molecule has 25 heavy (non-hydrogen) atoms. The summed E-state index contributed by atoms with van der Waals surface area (Å²) in [6, 6.07) is 7.31. The van der Waals surface area contributed by atoms with E-state index in [2.05, 4.69) is 5.32 Å². The lowest BCUT2D eigenvalue weighted by molar-refractivity contribution is -0.139. The number of nitrogens with one attached hydrogen (secondary N) is 1. The van der Waals surface area contributed by atoms with Gasteiger partial charge in [0, 0.05) is 11.4 Å². The van der Waals surface area contributed by atoms with Crippen LogP contribution in [0.15, 0.2) is 46.8 Å². The first-order chi connectivity index (χ1) is 11.9. The minimum absolute atomic E-state index is 0.0246. The van der Waals surface area contributed by atoms with Crippen LogP contribution in [0.2, 0.25) is 0 Å². The molecule has 0 fully saturated rings. The number of carboxylic acids is 1. The molecule has 1 heterocycles. The molecule has 1 aromatic carbocycles. The quantitative estimate of drug-likeness (QED) is 0.629. The van der Waals surface area contributed by atoms with Crippen LogP contribution in [0.1, 0.15) is 31.7 Å². The standard InChI is InChI=1S/C18H17FN2O4/c1-10-14(17(22)23)16(12-5-3-6-13(19)9-12)15(11(2)21-10)18(24)25-8-4-7-20/h3,5-6,9,16,21H,4,8H2,1-2H3,(H,22,23). The number of rotatable bonds is 5. The molecular formula is C18H17FN2O4. The number of hydrogen-bond donors (Lipinski definition) is 2. The maximum Gasteiger partial charge on any atom is 0.336 e. The molecule has 0 aliphatic carbocycles. The van der Waals surface area contributed by atoms with Crippen molar-refractivity contribution in [3.8, 4) is 6.07 Å². The lowest BCUT2D eigenvalue weighted by Gasteiger charge is -2.29. The van der Waals surface area contributed by atoms with Gasteiger partial charge in [0.15, 0.2) is 0 Å². The summed E-state index contributed by atoms with van der Waals surface area (Å²) in [5, 5.41) is 21.0. The number of ether oxygens (including phenoxy) is 1. The molecule has 0 aromatic heterocycles. The van der Waals surface area contributed by atoms with Gasteiger partial charge < -0.3 is 15.2 Å². The molecule has 0 saturated heterocycles. The van der Waals surface area contributed by atoms with Gasteiger partial charge in [-0.15, -0.1) is 0 Å². The molecular weight excluding hydrogens is 327 g/mol. The smallest absolute Gasteiger partial charge is 0.336 e. The highest BCUT2D eigenvalue weighted by atomic mass is 19.1. The maximum absolute atomic E-state index is 13.7. The molecule has 1 aromatic rings. The minimum Gasteiger partial charge on any atom is -0.478 e. The first kappa shape index (κ1) is 18.2. The predicted molar refractivity (Wildman–Crippen MR) is 86.5 cm³/mol. The summed E-state index contributed by atoms with van der Waals surface area (Å²) < 4.78 is 18.7.